The van der Waals surface area contributed by atoms with Crippen LogP contribution < -0.4 is 10.5 Å². The van der Waals surface area contributed by atoms with E-state index in [1.165, 1.54) is 14.0 Å². The molecule has 0 aromatic heterocycles. The van der Waals surface area contributed by atoms with Crippen molar-refractivity contribution < 1.29 is 22.3 Å². The number of benzene rings is 1. The van der Waals surface area contributed by atoms with Crippen molar-refractivity contribution in [2.24, 2.45) is 5.14 Å². The third-order valence-electron chi connectivity index (χ3n) is 2.82. The molecule has 0 radical (unpaired) electrons. The lowest BCUT2D eigenvalue weighted by molar-refractivity contribution is 0.0819. The van der Waals surface area contributed by atoms with Crippen LogP contribution in [0.15, 0.2) is 17.0 Å². The Kier molecular flexibility index (Phi) is 5.08. The molecule has 1 amide bonds. The average Bonchev–Trinajstić information content (AvgIpc) is 2.29. The molecule has 1 aromatic carbocycles. The highest BCUT2D eigenvalue weighted by Gasteiger charge is 2.24. The third kappa shape index (κ3) is 4.48. The lowest BCUT2D eigenvalue weighted by atomic mass is 10.1. The molecule has 0 aliphatic heterocycles. The van der Waals surface area contributed by atoms with E-state index in [0.29, 0.717) is 0 Å². The van der Waals surface area contributed by atoms with Crippen LogP contribution in [-0.2, 0) is 14.8 Å². The van der Waals surface area contributed by atoms with Gasteiger partial charge in [0.25, 0.3) is 5.91 Å². The van der Waals surface area contributed by atoms with E-state index in [4.69, 9.17) is 9.88 Å². The molecule has 0 saturated carbocycles. The van der Waals surface area contributed by atoms with E-state index in [2.05, 4.69) is 5.32 Å². The van der Waals surface area contributed by atoms with E-state index in [0.717, 1.165) is 12.1 Å². The maximum absolute atomic E-state index is 13.8. The van der Waals surface area contributed by atoms with Gasteiger partial charge in [-0.25, -0.2) is 17.9 Å². The van der Waals surface area contributed by atoms with Crippen LogP contribution in [0.25, 0.3) is 0 Å². The quantitative estimate of drug-likeness (QED) is 0.844. The van der Waals surface area contributed by atoms with Gasteiger partial charge in [0.05, 0.1) is 17.0 Å². The predicted molar refractivity (Wildman–Crippen MR) is 75.9 cm³/mol. The van der Waals surface area contributed by atoms with E-state index < -0.39 is 32.2 Å². The molecule has 0 bridgehead atoms. The average molecular weight is 318 g/mol. The van der Waals surface area contributed by atoms with E-state index in [-0.39, 0.29) is 17.7 Å². The van der Waals surface area contributed by atoms with Crippen molar-refractivity contribution in [3.05, 3.63) is 29.1 Å². The first-order valence-electron chi connectivity index (χ1n) is 6.12. The highest BCUT2D eigenvalue weighted by molar-refractivity contribution is 7.89. The molecule has 6 nitrogen and oxygen atoms in total. The van der Waals surface area contributed by atoms with Gasteiger partial charge in [-0.1, -0.05) is 0 Å². The molecule has 0 atom stereocenters. The standard InChI is InChI=1S/C13H19FN2O4S/c1-8-10(14)5-9(6-11(8)21(15,18)19)12(17)16-13(2,3)7-20-4/h5-6H,7H2,1-4H3,(H,16,17)(H2,15,18,19). The summed E-state index contributed by atoms with van der Waals surface area (Å²) in [6.45, 7) is 4.97. The maximum atomic E-state index is 13.8. The van der Waals surface area contributed by atoms with Crippen molar-refractivity contribution in [1.82, 2.24) is 5.32 Å². The summed E-state index contributed by atoms with van der Waals surface area (Å²) in [5.74, 6) is -1.42. The Morgan fingerprint density at radius 1 is 1.43 bits per heavy atom. The van der Waals surface area contributed by atoms with Gasteiger partial charge >= 0.3 is 0 Å². The lowest BCUT2D eigenvalue weighted by Crippen LogP contribution is -2.46. The fraction of sp³-hybridized carbons (Fsp3) is 0.462. The predicted octanol–water partition coefficient (Wildman–Crippen LogP) is 0.936. The number of sulfonamides is 1. The molecule has 8 heteroatoms. The van der Waals surface area contributed by atoms with Crippen molar-refractivity contribution >= 4 is 15.9 Å². The first-order chi connectivity index (χ1) is 9.48. The number of carbonyl (C=O) groups excluding carboxylic acids is 1. The van der Waals surface area contributed by atoms with E-state index in [1.54, 1.807) is 13.8 Å². The lowest BCUT2D eigenvalue weighted by Gasteiger charge is -2.25. The molecule has 1 aromatic rings. The smallest absolute Gasteiger partial charge is 0.251 e. The first-order valence-corrected chi connectivity index (χ1v) is 7.67. The van der Waals surface area contributed by atoms with Crippen molar-refractivity contribution in [3.63, 3.8) is 0 Å². The molecule has 3 N–H and O–H groups in total. The third-order valence-corrected chi connectivity index (χ3v) is 3.86. The second-order valence-electron chi connectivity index (χ2n) is 5.40. The Balaban J connectivity index is 3.21. The number of nitrogens with one attached hydrogen (secondary N) is 1. The molecule has 0 saturated heterocycles. The van der Waals surface area contributed by atoms with Crippen LogP contribution in [0.2, 0.25) is 0 Å². The van der Waals surface area contributed by atoms with Gasteiger partial charge in [0.2, 0.25) is 10.0 Å². The van der Waals surface area contributed by atoms with Crippen molar-refractivity contribution in [3.8, 4) is 0 Å². The van der Waals surface area contributed by atoms with E-state index in [9.17, 15) is 17.6 Å². The highest BCUT2D eigenvalue weighted by atomic mass is 32.2. The van der Waals surface area contributed by atoms with Gasteiger partial charge in [0.1, 0.15) is 5.82 Å². The van der Waals surface area contributed by atoms with Crippen molar-refractivity contribution in [1.29, 1.82) is 0 Å². The summed E-state index contributed by atoms with van der Waals surface area (Å²) in [5, 5.41) is 7.66. The molecule has 21 heavy (non-hydrogen) atoms. The van der Waals surface area contributed by atoms with Gasteiger partial charge in [-0.2, -0.15) is 0 Å². The number of amides is 1. The molecular formula is C13H19FN2O4S. The number of rotatable bonds is 5. The van der Waals surface area contributed by atoms with Crippen LogP contribution in [0.1, 0.15) is 29.8 Å². The minimum Gasteiger partial charge on any atom is -0.382 e. The second-order valence-corrected chi connectivity index (χ2v) is 6.93. The van der Waals surface area contributed by atoms with Gasteiger partial charge in [-0.05, 0) is 32.9 Å². The van der Waals surface area contributed by atoms with Gasteiger partial charge < -0.3 is 10.1 Å². The number of carbonyl (C=O) groups is 1. The van der Waals surface area contributed by atoms with Gasteiger partial charge in [0.15, 0.2) is 0 Å². The fourth-order valence-corrected chi connectivity index (χ4v) is 2.67. The van der Waals surface area contributed by atoms with Crippen molar-refractivity contribution in [2.45, 2.75) is 31.2 Å². The van der Waals surface area contributed by atoms with E-state index in [1.807, 2.05) is 0 Å². The van der Waals surface area contributed by atoms with Gasteiger partial charge in [0, 0.05) is 18.2 Å². The van der Waals surface area contributed by atoms with Crippen LogP contribution >= 0.6 is 0 Å². The molecule has 118 valence electrons. The summed E-state index contributed by atoms with van der Waals surface area (Å²) < 4.78 is 41.6. The highest BCUT2D eigenvalue weighted by Crippen LogP contribution is 2.20. The Labute approximate surface area is 123 Å². The molecular weight excluding hydrogens is 299 g/mol. The molecule has 0 unspecified atom stereocenters. The minimum atomic E-state index is -4.11. The van der Waals surface area contributed by atoms with Crippen LogP contribution in [-0.4, -0.2) is 33.6 Å². The summed E-state index contributed by atoms with van der Waals surface area (Å²) in [6, 6.07) is 2.04. The number of hydrogen-bond acceptors (Lipinski definition) is 4. The van der Waals surface area contributed by atoms with Crippen LogP contribution in [0, 0.1) is 12.7 Å². The zero-order valence-corrected chi connectivity index (χ0v) is 13.2. The number of hydrogen-bond donors (Lipinski definition) is 2. The molecule has 0 heterocycles. The monoisotopic (exact) mass is 318 g/mol. The number of ether oxygens (including phenoxy) is 1. The Morgan fingerprint density at radius 3 is 2.48 bits per heavy atom. The normalized spacial score (nSPS) is 12.3. The summed E-state index contributed by atoms with van der Waals surface area (Å²) >= 11 is 0. The number of primary sulfonamides is 1. The molecule has 1 rings (SSSR count). The summed E-state index contributed by atoms with van der Waals surface area (Å²) in [5.41, 5.74) is -0.925. The summed E-state index contributed by atoms with van der Waals surface area (Å²) in [4.78, 5) is 11.7. The zero-order chi connectivity index (χ0) is 16.4. The second kappa shape index (κ2) is 6.08. The fourth-order valence-electron chi connectivity index (χ4n) is 1.86. The molecule has 0 spiro atoms. The van der Waals surface area contributed by atoms with E-state index >= 15 is 0 Å². The molecule has 0 aliphatic rings. The topological polar surface area (TPSA) is 98.5 Å². The summed E-state index contributed by atoms with van der Waals surface area (Å²) in [6.07, 6.45) is 0. The van der Waals surface area contributed by atoms with Crippen LogP contribution in [0.3, 0.4) is 0 Å². The Hall–Kier alpha value is -1.51. The minimum absolute atomic E-state index is 0.119. The number of halogens is 1. The molecule has 0 aliphatic carbocycles. The Bertz CT molecular complexity index is 656. The largest absolute Gasteiger partial charge is 0.382 e. The van der Waals surface area contributed by atoms with Crippen LogP contribution in [0.4, 0.5) is 4.39 Å². The van der Waals surface area contributed by atoms with Crippen LogP contribution in [0.5, 0.6) is 0 Å². The maximum Gasteiger partial charge on any atom is 0.251 e. The molecule has 0 fully saturated rings. The van der Waals surface area contributed by atoms with Crippen molar-refractivity contribution in [2.75, 3.05) is 13.7 Å². The zero-order valence-electron chi connectivity index (χ0n) is 12.4. The SMILES string of the molecule is COCC(C)(C)NC(=O)c1cc(F)c(C)c(S(N)(=O)=O)c1. The number of nitrogens with two attached hydrogens (primary N) is 1. The Morgan fingerprint density at radius 2 is 2.00 bits per heavy atom. The summed E-state index contributed by atoms with van der Waals surface area (Å²) in [7, 11) is -2.63. The van der Waals surface area contributed by atoms with Gasteiger partial charge in [-0.15, -0.1) is 0 Å². The van der Waals surface area contributed by atoms with Gasteiger partial charge in [-0.3, -0.25) is 4.79 Å². The number of methoxy groups -OCH3 is 1. The first kappa shape index (κ1) is 17.5.